The van der Waals surface area contributed by atoms with E-state index in [-0.39, 0.29) is 29.7 Å². The summed E-state index contributed by atoms with van der Waals surface area (Å²) >= 11 is 0. The number of carbonyl (C=O) groups excluding carboxylic acids is 2. The van der Waals surface area contributed by atoms with Crippen molar-refractivity contribution >= 4 is 11.9 Å². The zero-order valence-corrected chi connectivity index (χ0v) is 18.4. The van der Waals surface area contributed by atoms with Crippen LogP contribution in [-0.2, 0) is 11.3 Å². The first-order chi connectivity index (χ1) is 15.0. The molecule has 166 valence electrons. The third kappa shape index (κ3) is 6.06. The van der Waals surface area contributed by atoms with Gasteiger partial charge in [0.25, 0.3) is 0 Å². The summed E-state index contributed by atoms with van der Waals surface area (Å²) in [6.45, 7) is 5.22. The lowest BCUT2D eigenvalue weighted by molar-refractivity contribution is -0.126. The van der Waals surface area contributed by atoms with Crippen LogP contribution in [0.3, 0.4) is 0 Å². The number of nitrogens with one attached hydrogen (secondary N) is 2. The average Bonchev–Trinajstić information content (AvgIpc) is 2.79. The van der Waals surface area contributed by atoms with Crippen molar-refractivity contribution in [2.75, 3.05) is 13.1 Å². The van der Waals surface area contributed by atoms with E-state index in [2.05, 4.69) is 17.6 Å². The van der Waals surface area contributed by atoms with Crippen molar-refractivity contribution in [1.29, 1.82) is 0 Å². The van der Waals surface area contributed by atoms with E-state index in [0.29, 0.717) is 38.0 Å². The summed E-state index contributed by atoms with van der Waals surface area (Å²) in [6, 6.07) is 14.5. The minimum Gasteiger partial charge on any atom is -0.352 e. The monoisotopic (exact) mass is 425 g/mol. The van der Waals surface area contributed by atoms with E-state index < -0.39 is 0 Å². The number of benzene rings is 2. The zero-order chi connectivity index (χ0) is 22.2. The molecule has 0 spiro atoms. The van der Waals surface area contributed by atoms with E-state index in [1.807, 2.05) is 36.4 Å². The van der Waals surface area contributed by atoms with Crippen molar-refractivity contribution < 1.29 is 14.0 Å². The molecule has 6 heteroatoms. The van der Waals surface area contributed by atoms with Crippen molar-refractivity contribution in [3.05, 3.63) is 71.0 Å². The van der Waals surface area contributed by atoms with Crippen LogP contribution in [0.15, 0.2) is 48.5 Å². The summed E-state index contributed by atoms with van der Waals surface area (Å²) in [6.07, 6.45) is 3.24. The van der Waals surface area contributed by atoms with Gasteiger partial charge in [-0.2, -0.15) is 0 Å². The molecule has 0 radical (unpaired) electrons. The molecule has 3 rings (SSSR count). The highest BCUT2D eigenvalue weighted by atomic mass is 19.1. The van der Waals surface area contributed by atoms with Gasteiger partial charge in [-0.3, -0.25) is 4.79 Å². The lowest BCUT2D eigenvalue weighted by Gasteiger charge is -2.39. The maximum absolute atomic E-state index is 13.8. The number of likely N-dealkylation sites (tertiary alicyclic amines) is 1. The van der Waals surface area contributed by atoms with Crippen LogP contribution in [0.5, 0.6) is 0 Å². The third-order valence-electron chi connectivity index (χ3n) is 5.90. The molecule has 0 aliphatic carbocycles. The van der Waals surface area contributed by atoms with E-state index in [1.54, 1.807) is 17.9 Å². The molecule has 2 N–H and O–H groups in total. The molecule has 1 saturated heterocycles. The molecule has 0 saturated carbocycles. The third-order valence-corrected chi connectivity index (χ3v) is 5.90. The van der Waals surface area contributed by atoms with E-state index in [9.17, 15) is 14.0 Å². The number of amides is 3. The lowest BCUT2D eigenvalue weighted by Crippen LogP contribution is -2.50. The quantitative estimate of drug-likeness (QED) is 0.631. The van der Waals surface area contributed by atoms with Gasteiger partial charge in [-0.05, 0) is 48.9 Å². The molecule has 1 heterocycles. The van der Waals surface area contributed by atoms with E-state index in [4.69, 9.17) is 0 Å². The number of hydrogen-bond donors (Lipinski definition) is 2. The van der Waals surface area contributed by atoms with Gasteiger partial charge in [-0.1, -0.05) is 55.8 Å². The Morgan fingerprint density at radius 3 is 2.58 bits per heavy atom. The first-order valence-electron chi connectivity index (χ1n) is 11.1. The number of unbranched alkanes of at least 4 members (excludes halogenated alkanes) is 1. The largest absolute Gasteiger partial charge is 0.352 e. The number of carbonyl (C=O) groups is 2. The van der Waals surface area contributed by atoms with E-state index >= 15 is 0 Å². The molecule has 3 amide bonds. The maximum Gasteiger partial charge on any atom is 0.317 e. The first-order valence-corrected chi connectivity index (χ1v) is 11.1. The summed E-state index contributed by atoms with van der Waals surface area (Å²) < 4.78 is 13.8. The molecule has 5 nitrogen and oxygen atoms in total. The fourth-order valence-electron chi connectivity index (χ4n) is 4.03. The fraction of sp³-hybridized carbons (Fsp3) is 0.440. The number of nitrogens with zero attached hydrogens (tertiary/aromatic N) is 1. The van der Waals surface area contributed by atoms with Crippen LogP contribution in [0.25, 0.3) is 0 Å². The second kappa shape index (κ2) is 10.9. The van der Waals surface area contributed by atoms with Crippen LogP contribution in [0.2, 0.25) is 0 Å². The number of piperidine rings is 1. The summed E-state index contributed by atoms with van der Waals surface area (Å²) in [5.74, 6) is -0.556. The molecule has 2 atom stereocenters. The molecule has 2 aromatic carbocycles. The highest BCUT2D eigenvalue weighted by Crippen LogP contribution is 2.34. The Bertz CT molecular complexity index is 888. The Balaban J connectivity index is 1.71. The van der Waals surface area contributed by atoms with Crippen LogP contribution in [0.1, 0.15) is 55.3 Å². The topological polar surface area (TPSA) is 61.4 Å². The molecular weight excluding hydrogens is 393 g/mol. The van der Waals surface area contributed by atoms with Crippen molar-refractivity contribution in [2.45, 2.75) is 52.1 Å². The molecule has 2 aromatic rings. The van der Waals surface area contributed by atoms with Gasteiger partial charge in [-0.15, -0.1) is 0 Å². The molecule has 0 bridgehead atoms. The highest BCUT2D eigenvalue weighted by Gasteiger charge is 2.35. The second-order valence-corrected chi connectivity index (χ2v) is 8.24. The van der Waals surface area contributed by atoms with Crippen LogP contribution in [0.4, 0.5) is 9.18 Å². The van der Waals surface area contributed by atoms with Gasteiger partial charge in [0.1, 0.15) is 5.82 Å². The Morgan fingerprint density at radius 1 is 1.10 bits per heavy atom. The van der Waals surface area contributed by atoms with Gasteiger partial charge in [0.15, 0.2) is 0 Å². The van der Waals surface area contributed by atoms with Crippen LogP contribution >= 0.6 is 0 Å². The van der Waals surface area contributed by atoms with Gasteiger partial charge < -0.3 is 15.5 Å². The van der Waals surface area contributed by atoms with Crippen molar-refractivity contribution in [2.24, 2.45) is 5.92 Å². The number of aryl methyl sites for hydroxylation is 1. The van der Waals surface area contributed by atoms with Gasteiger partial charge in [0.2, 0.25) is 5.91 Å². The molecule has 1 aliphatic heterocycles. The highest BCUT2D eigenvalue weighted by molar-refractivity contribution is 5.81. The minimum atomic E-state index is -0.265. The smallest absolute Gasteiger partial charge is 0.317 e. The second-order valence-electron chi connectivity index (χ2n) is 8.24. The number of rotatable bonds is 7. The Kier molecular flexibility index (Phi) is 8.04. The maximum atomic E-state index is 13.8. The predicted molar refractivity (Wildman–Crippen MR) is 120 cm³/mol. The van der Waals surface area contributed by atoms with Crippen LogP contribution < -0.4 is 10.6 Å². The standard InChI is InChI=1S/C25H32FN3O2/c1-3-4-14-27-25(31)29-17-21(24(30)28-16-19-8-6-5-7-9-19)11-13-23(29)20-10-12-22(26)18(2)15-20/h5-10,12,15,21,23H,3-4,11,13-14,16-17H2,1-2H3,(H,27,31)(H,28,30)/t21-,23+/m0/s1. The van der Waals surface area contributed by atoms with Gasteiger partial charge in [0.05, 0.1) is 12.0 Å². The van der Waals surface area contributed by atoms with Crippen molar-refractivity contribution in [1.82, 2.24) is 15.5 Å². The molecule has 1 aliphatic rings. The molecular formula is C25H32FN3O2. The minimum absolute atomic E-state index is 0.0380. The number of halogens is 1. The summed E-state index contributed by atoms with van der Waals surface area (Å²) in [7, 11) is 0. The molecule has 1 fully saturated rings. The van der Waals surface area contributed by atoms with Crippen LogP contribution in [0, 0.1) is 18.7 Å². The Labute approximate surface area is 184 Å². The Hall–Kier alpha value is -2.89. The zero-order valence-electron chi connectivity index (χ0n) is 18.4. The first kappa shape index (κ1) is 22.8. The van der Waals surface area contributed by atoms with Crippen LogP contribution in [-0.4, -0.2) is 29.9 Å². The summed E-state index contributed by atoms with van der Waals surface area (Å²) in [5, 5.41) is 5.98. The summed E-state index contributed by atoms with van der Waals surface area (Å²) in [5.41, 5.74) is 2.51. The molecule has 0 unspecified atom stereocenters. The summed E-state index contributed by atoms with van der Waals surface area (Å²) in [4.78, 5) is 27.5. The van der Waals surface area contributed by atoms with Crippen molar-refractivity contribution in [3.8, 4) is 0 Å². The predicted octanol–water partition coefficient (Wildman–Crippen LogP) is 4.71. The van der Waals surface area contributed by atoms with E-state index in [1.165, 1.54) is 6.07 Å². The van der Waals surface area contributed by atoms with Gasteiger partial charge in [-0.25, -0.2) is 9.18 Å². The van der Waals surface area contributed by atoms with Gasteiger partial charge in [0, 0.05) is 19.6 Å². The number of urea groups is 1. The lowest BCUT2D eigenvalue weighted by atomic mass is 9.88. The molecule has 31 heavy (non-hydrogen) atoms. The SMILES string of the molecule is CCCCNC(=O)N1C[C@@H](C(=O)NCc2ccccc2)CC[C@@H]1c1ccc(F)c(C)c1. The fourth-order valence-corrected chi connectivity index (χ4v) is 4.03. The van der Waals surface area contributed by atoms with Gasteiger partial charge >= 0.3 is 6.03 Å². The van der Waals surface area contributed by atoms with E-state index in [0.717, 1.165) is 24.0 Å². The van der Waals surface area contributed by atoms with Crippen molar-refractivity contribution in [3.63, 3.8) is 0 Å². The number of hydrogen-bond acceptors (Lipinski definition) is 2. The Morgan fingerprint density at radius 2 is 1.87 bits per heavy atom. The molecule has 0 aromatic heterocycles. The average molecular weight is 426 g/mol. The normalized spacial score (nSPS) is 18.5.